The second-order valence-electron chi connectivity index (χ2n) is 4.83. The molecule has 0 bridgehead atoms. The summed E-state index contributed by atoms with van der Waals surface area (Å²) in [5.41, 5.74) is 1.41. The van der Waals surface area contributed by atoms with Crippen molar-refractivity contribution in [2.24, 2.45) is 0 Å². The molecule has 1 amide bonds. The Hall–Kier alpha value is -0.960. The van der Waals surface area contributed by atoms with E-state index in [0.29, 0.717) is 0 Å². The normalized spacial score (nSPS) is 10.4. The van der Waals surface area contributed by atoms with Gasteiger partial charge >= 0.3 is 0 Å². The van der Waals surface area contributed by atoms with Gasteiger partial charge < -0.3 is 4.90 Å². The molecule has 0 spiro atoms. The van der Waals surface area contributed by atoms with Gasteiger partial charge in [0.2, 0.25) is 0 Å². The first-order chi connectivity index (χ1) is 9.24. The Bertz CT molecular complexity index is 353. The van der Waals surface area contributed by atoms with Crippen LogP contribution in [-0.4, -0.2) is 29.5 Å². The number of rotatable bonds is 8. The van der Waals surface area contributed by atoms with Crippen LogP contribution in [0.3, 0.4) is 0 Å². The van der Waals surface area contributed by atoms with Crippen molar-refractivity contribution in [1.82, 2.24) is 4.90 Å². The van der Waals surface area contributed by atoms with Crippen LogP contribution in [0.25, 0.3) is 0 Å². The Kier molecular flexibility index (Phi) is 8.39. The van der Waals surface area contributed by atoms with Crippen LogP contribution in [0.15, 0.2) is 30.3 Å². The number of amides is 1. The highest BCUT2D eigenvalue weighted by Crippen LogP contribution is 2.11. The number of thioether (sulfide) groups is 1. The van der Waals surface area contributed by atoms with Crippen molar-refractivity contribution in [3.05, 3.63) is 35.9 Å². The molecule has 0 aromatic heterocycles. The first-order valence-electron chi connectivity index (χ1n) is 7.16. The number of hydrogen-bond donors (Lipinski definition) is 0. The van der Waals surface area contributed by atoms with Crippen LogP contribution in [-0.2, 0) is 6.42 Å². The lowest BCUT2D eigenvalue weighted by molar-refractivity contribution is 0.232. The summed E-state index contributed by atoms with van der Waals surface area (Å²) in [5, 5.41) is 0.213. The van der Waals surface area contributed by atoms with Crippen LogP contribution in [0.2, 0.25) is 0 Å². The van der Waals surface area contributed by atoms with Gasteiger partial charge in [-0.3, -0.25) is 4.79 Å². The molecule has 19 heavy (non-hydrogen) atoms. The summed E-state index contributed by atoms with van der Waals surface area (Å²) < 4.78 is 0. The maximum absolute atomic E-state index is 11.7. The number of carbonyl (C=O) groups excluding carboxylic acids is 1. The molecule has 0 aliphatic carbocycles. The number of hydrogen-bond acceptors (Lipinski definition) is 2. The Labute approximate surface area is 121 Å². The average Bonchev–Trinajstić information content (AvgIpc) is 2.45. The third kappa shape index (κ3) is 7.26. The second kappa shape index (κ2) is 9.90. The molecular weight excluding hydrogens is 254 g/mol. The monoisotopic (exact) mass is 279 g/mol. The van der Waals surface area contributed by atoms with E-state index >= 15 is 0 Å². The molecule has 3 heteroatoms. The third-order valence-corrected chi connectivity index (χ3v) is 4.21. The summed E-state index contributed by atoms with van der Waals surface area (Å²) in [7, 11) is 1.90. The highest BCUT2D eigenvalue weighted by molar-refractivity contribution is 8.13. The molecule has 106 valence electrons. The van der Waals surface area contributed by atoms with Crippen molar-refractivity contribution >= 4 is 17.0 Å². The maximum atomic E-state index is 11.7. The third-order valence-electron chi connectivity index (χ3n) is 3.04. The summed E-state index contributed by atoms with van der Waals surface area (Å²) in [6, 6.07) is 10.6. The van der Waals surface area contributed by atoms with Crippen molar-refractivity contribution in [1.29, 1.82) is 0 Å². The van der Waals surface area contributed by atoms with Crippen molar-refractivity contribution in [2.45, 2.75) is 39.0 Å². The lowest BCUT2D eigenvalue weighted by Gasteiger charge is -2.16. The van der Waals surface area contributed by atoms with E-state index in [1.165, 1.54) is 30.2 Å². The molecule has 0 heterocycles. The number of carbonyl (C=O) groups is 1. The van der Waals surface area contributed by atoms with Crippen molar-refractivity contribution < 1.29 is 4.79 Å². The molecule has 2 nitrogen and oxygen atoms in total. The van der Waals surface area contributed by atoms with Gasteiger partial charge in [0.25, 0.3) is 5.24 Å². The highest BCUT2D eigenvalue weighted by Gasteiger charge is 2.07. The Morgan fingerprint density at radius 1 is 1.16 bits per heavy atom. The highest BCUT2D eigenvalue weighted by atomic mass is 32.2. The lowest BCUT2D eigenvalue weighted by Crippen LogP contribution is -2.24. The molecule has 0 unspecified atom stereocenters. The zero-order valence-corrected chi connectivity index (χ0v) is 12.9. The number of benzene rings is 1. The predicted molar refractivity (Wildman–Crippen MR) is 84.8 cm³/mol. The first kappa shape index (κ1) is 16.1. The van der Waals surface area contributed by atoms with E-state index < -0.39 is 0 Å². The van der Waals surface area contributed by atoms with E-state index in [1.807, 2.05) is 11.9 Å². The fourth-order valence-corrected chi connectivity index (χ4v) is 2.58. The van der Waals surface area contributed by atoms with E-state index in [-0.39, 0.29) is 5.24 Å². The number of unbranched alkanes of at least 4 members (excludes halogenated alkanes) is 2. The molecule has 0 aliphatic rings. The van der Waals surface area contributed by atoms with Crippen LogP contribution < -0.4 is 0 Å². The topological polar surface area (TPSA) is 20.3 Å². The molecule has 0 fully saturated rings. The largest absolute Gasteiger partial charge is 0.337 e. The molecule has 0 saturated carbocycles. The molecular formula is C16H25NOS. The zero-order valence-electron chi connectivity index (χ0n) is 12.1. The lowest BCUT2D eigenvalue weighted by atomic mass is 10.1. The first-order valence-corrected chi connectivity index (χ1v) is 8.14. The van der Waals surface area contributed by atoms with Gasteiger partial charge in [-0.05, 0) is 31.2 Å². The van der Waals surface area contributed by atoms with Crippen LogP contribution in [0.1, 0.15) is 38.2 Å². The summed E-state index contributed by atoms with van der Waals surface area (Å²) in [6.45, 7) is 2.98. The standard InChI is InChI=1S/C16H25NOS/c1-3-14-19-16(18)17(2)13-9-5-8-12-15-10-6-4-7-11-15/h4,6-7,10-11H,3,5,8-9,12-14H2,1-2H3. The van der Waals surface area contributed by atoms with Gasteiger partial charge in [0.1, 0.15) is 0 Å². The number of nitrogens with zero attached hydrogens (tertiary/aromatic N) is 1. The van der Waals surface area contributed by atoms with Gasteiger partial charge in [0.15, 0.2) is 0 Å². The smallest absolute Gasteiger partial charge is 0.281 e. The van der Waals surface area contributed by atoms with Gasteiger partial charge in [0, 0.05) is 19.3 Å². The molecule has 0 atom stereocenters. The molecule has 0 N–H and O–H groups in total. The van der Waals surface area contributed by atoms with Gasteiger partial charge in [-0.1, -0.05) is 55.4 Å². The van der Waals surface area contributed by atoms with E-state index in [9.17, 15) is 4.79 Å². The summed E-state index contributed by atoms with van der Waals surface area (Å²) in [4.78, 5) is 13.5. The minimum absolute atomic E-state index is 0.213. The fraction of sp³-hybridized carbons (Fsp3) is 0.562. The molecule has 0 radical (unpaired) electrons. The quantitative estimate of drug-likeness (QED) is 0.648. The minimum Gasteiger partial charge on any atom is -0.337 e. The zero-order chi connectivity index (χ0) is 13.9. The van der Waals surface area contributed by atoms with Gasteiger partial charge in [-0.15, -0.1) is 0 Å². The van der Waals surface area contributed by atoms with E-state index in [4.69, 9.17) is 0 Å². The van der Waals surface area contributed by atoms with Crippen LogP contribution in [0.4, 0.5) is 4.79 Å². The van der Waals surface area contributed by atoms with E-state index in [2.05, 4.69) is 37.3 Å². The van der Waals surface area contributed by atoms with Crippen molar-refractivity contribution in [2.75, 3.05) is 19.3 Å². The minimum atomic E-state index is 0.213. The van der Waals surface area contributed by atoms with Gasteiger partial charge in [0.05, 0.1) is 0 Å². The predicted octanol–water partition coefficient (Wildman–Crippen LogP) is 4.59. The van der Waals surface area contributed by atoms with Crippen LogP contribution in [0, 0.1) is 0 Å². The second-order valence-corrected chi connectivity index (χ2v) is 5.88. The summed E-state index contributed by atoms with van der Waals surface area (Å²) in [5.74, 6) is 0.928. The Morgan fingerprint density at radius 3 is 2.58 bits per heavy atom. The summed E-state index contributed by atoms with van der Waals surface area (Å²) in [6.07, 6.45) is 5.69. The number of aryl methyl sites for hydroxylation is 1. The van der Waals surface area contributed by atoms with Gasteiger partial charge in [-0.25, -0.2) is 0 Å². The molecule has 0 saturated heterocycles. The Balaban J connectivity index is 2.05. The average molecular weight is 279 g/mol. The van der Waals surface area contributed by atoms with Gasteiger partial charge in [-0.2, -0.15) is 0 Å². The van der Waals surface area contributed by atoms with E-state index in [0.717, 1.165) is 31.6 Å². The molecule has 1 rings (SSSR count). The Morgan fingerprint density at radius 2 is 1.89 bits per heavy atom. The van der Waals surface area contributed by atoms with Crippen molar-refractivity contribution in [3.63, 3.8) is 0 Å². The van der Waals surface area contributed by atoms with Crippen molar-refractivity contribution in [3.8, 4) is 0 Å². The fourth-order valence-electron chi connectivity index (χ4n) is 1.89. The molecule has 0 aliphatic heterocycles. The molecule has 1 aromatic carbocycles. The SMILES string of the molecule is CCCSC(=O)N(C)CCCCCc1ccccc1. The maximum Gasteiger partial charge on any atom is 0.281 e. The van der Waals surface area contributed by atoms with Crippen LogP contribution >= 0.6 is 11.8 Å². The van der Waals surface area contributed by atoms with Crippen LogP contribution in [0.5, 0.6) is 0 Å². The molecule has 1 aromatic rings. The summed E-state index contributed by atoms with van der Waals surface area (Å²) >= 11 is 1.43. The van der Waals surface area contributed by atoms with E-state index in [1.54, 1.807) is 0 Å².